The number of carbonyl (C=O) groups excluding carboxylic acids is 1. The summed E-state index contributed by atoms with van der Waals surface area (Å²) >= 11 is 0. The van der Waals surface area contributed by atoms with E-state index in [-0.39, 0.29) is 11.9 Å². The Morgan fingerprint density at radius 2 is 2.04 bits per heavy atom. The Kier molecular flexibility index (Phi) is 6.46. The number of rotatable bonds is 6. The van der Waals surface area contributed by atoms with Gasteiger partial charge in [0.1, 0.15) is 5.75 Å². The lowest BCUT2D eigenvalue weighted by atomic mass is 9.78. The normalized spacial score (nSPS) is 25.7. The van der Waals surface area contributed by atoms with Crippen LogP contribution >= 0.6 is 0 Å². The number of benzene rings is 1. The number of anilines is 1. The van der Waals surface area contributed by atoms with E-state index in [0.717, 1.165) is 11.6 Å². The molecule has 1 aliphatic rings. The molecule has 0 aliphatic heterocycles. The SMILES string of the molecule is COc1ccccc1NC(=O)C[C@H](C)N[C@@H]1CCC[C@@H](C)[C@H]1C. The zero-order valence-corrected chi connectivity index (χ0v) is 14.8. The number of amides is 1. The molecule has 0 heterocycles. The van der Waals surface area contributed by atoms with Crippen LogP contribution in [-0.2, 0) is 4.79 Å². The highest BCUT2D eigenvalue weighted by atomic mass is 16.5. The molecule has 128 valence electrons. The lowest BCUT2D eigenvalue weighted by molar-refractivity contribution is -0.116. The molecular formula is C19H30N2O2. The van der Waals surface area contributed by atoms with Crippen molar-refractivity contribution in [3.05, 3.63) is 24.3 Å². The van der Waals surface area contributed by atoms with Gasteiger partial charge in [-0.25, -0.2) is 0 Å². The average molecular weight is 318 g/mol. The Morgan fingerprint density at radius 3 is 2.78 bits per heavy atom. The topological polar surface area (TPSA) is 50.4 Å². The molecule has 1 fully saturated rings. The van der Waals surface area contributed by atoms with Crippen molar-refractivity contribution in [1.82, 2.24) is 5.32 Å². The van der Waals surface area contributed by atoms with E-state index < -0.39 is 0 Å². The Morgan fingerprint density at radius 1 is 1.30 bits per heavy atom. The van der Waals surface area contributed by atoms with Crippen molar-refractivity contribution in [2.75, 3.05) is 12.4 Å². The van der Waals surface area contributed by atoms with E-state index >= 15 is 0 Å². The molecule has 0 unspecified atom stereocenters. The van der Waals surface area contributed by atoms with Gasteiger partial charge in [-0.05, 0) is 37.3 Å². The Labute approximate surface area is 140 Å². The molecule has 1 amide bonds. The van der Waals surface area contributed by atoms with Gasteiger partial charge in [0, 0.05) is 18.5 Å². The van der Waals surface area contributed by atoms with Crippen LogP contribution in [0, 0.1) is 11.8 Å². The monoisotopic (exact) mass is 318 g/mol. The second-order valence-corrected chi connectivity index (χ2v) is 6.89. The second-order valence-electron chi connectivity index (χ2n) is 6.89. The van der Waals surface area contributed by atoms with Crippen molar-refractivity contribution in [3.8, 4) is 5.75 Å². The van der Waals surface area contributed by atoms with Crippen molar-refractivity contribution >= 4 is 11.6 Å². The molecule has 23 heavy (non-hydrogen) atoms. The van der Waals surface area contributed by atoms with E-state index in [1.165, 1.54) is 19.3 Å². The number of ether oxygens (including phenoxy) is 1. The summed E-state index contributed by atoms with van der Waals surface area (Å²) in [5, 5.41) is 6.60. The molecule has 0 saturated heterocycles. The third-order valence-electron chi connectivity index (χ3n) is 5.08. The molecule has 1 aliphatic carbocycles. The van der Waals surface area contributed by atoms with Crippen LogP contribution in [0.25, 0.3) is 0 Å². The molecule has 1 aromatic rings. The number of hydrogen-bond acceptors (Lipinski definition) is 3. The summed E-state index contributed by atoms with van der Waals surface area (Å²) in [6, 6.07) is 8.19. The minimum Gasteiger partial charge on any atom is -0.495 e. The van der Waals surface area contributed by atoms with E-state index in [1.807, 2.05) is 24.3 Å². The van der Waals surface area contributed by atoms with Gasteiger partial charge >= 0.3 is 0 Å². The van der Waals surface area contributed by atoms with Gasteiger partial charge in [0.2, 0.25) is 5.91 Å². The van der Waals surface area contributed by atoms with Crippen LogP contribution in [0.2, 0.25) is 0 Å². The van der Waals surface area contributed by atoms with Crippen molar-refractivity contribution < 1.29 is 9.53 Å². The van der Waals surface area contributed by atoms with E-state index in [4.69, 9.17) is 4.74 Å². The van der Waals surface area contributed by atoms with Gasteiger partial charge in [0.25, 0.3) is 0 Å². The van der Waals surface area contributed by atoms with Crippen LogP contribution in [0.1, 0.15) is 46.5 Å². The molecule has 0 bridgehead atoms. The van der Waals surface area contributed by atoms with Gasteiger partial charge in [-0.3, -0.25) is 4.79 Å². The molecule has 0 radical (unpaired) electrons. The summed E-state index contributed by atoms with van der Waals surface area (Å²) in [5.41, 5.74) is 0.729. The fraction of sp³-hybridized carbons (Fsp3) is 0.632. The van der Waals surface area contributed by atoms with Crippen LogP contribution in [0.5, 0.6) is 5.75 Å². The molecule has 1 aromatic carbocycles. The maximum absolute atomic E-state index is 12.3. The van der Waals surface area contributed by atoms with Crippen LogP contribution < -0.4 is 15.4 Å². The lowest BCUT2D eigenvalue weighted by Gasteiger charge is -2.36. The van der Waals surface area contributed by atoms with Crippen molar-refractivity contribution in [2.24, 2.45) is 11.8 Å². The maximum Gasteiger partial charge on any atom is 0.226 e. The molecule has 4 heteroatoms. The van der Waals surface area contributed by atoms with Crippen molar-refractivity contribution in [3.63, 3.8) is 0 Å². The lowest BCUT2D eigenvalue weighted by Crippen LogP contribution is -2.45. The van der Waals surface area contributed by atoms with Crippen molar-refractivity contribution in [1.29, 1.82) is 0 Å². The fourth-order valence-electron chi connectivity index (χ4n) is 3.47. The summed E-state index contributed by atoms with van der Waals surface area (Å²) in [4.78, 5) is 12.3. The maximum atomic E-state index is 12.3. The van der Waals surface area contributed by atoms with E-state index in [0.29, 0.717) is 24.1 Å². The Hall–Kier alpha value is -1.55. The first-order chi connectivity index (χ1) is 11.0. The first kappa shape index (κ1) is 17.8. The summed E-state index contributed by atoms with van der Waals surface area (Å²) in [7, 11) is 1.61. The first-order valence-corrected chi connectivity index (χ1v) is 8.70. The third-order valence-corrected chi connectivity index (χ3v) is 5.08. The van der Waals surface area contributed by atoms with Crippen LogP contribution in [-0.4, -0.2) is 25.1 Å². The minimum absolute atomic E-state index is 0.0195. The zero-order valence-electron chi connectivity index (χ0n) is 14.8. The molecular weight excluding hydrogens is 288 g/mol. The van der Waals surface area contributed by atoms with Crippen LogP contribution in [0.15, 0.2) is 24.3 Å². The summed E-state index contributed by atoms with van der Waals surface area (Å²) in [5.74, 6) is 2.14. The number of para-hydroxylation sites is 2. The molecule has 0 aromatic heterocycles. The van der Waals surface area contributed by atoms with Gasteiger partial charge in [-0.15, -0.1) is 0 Å². The number of nitrogens with one attached hydrogen (secondary N) is 2. The standard InChI is InChI=1S/C19H30N2O2/c1-13-8-7-10-16(15(13)3)20-14(2)12-19(22)21-17-9-5-6-11-18(17)23-4/h5-6,9,11,13-16,20H,7-8,10,12H2,1-4H3,(H,21,22)/t13-,14+,15-,16-/m1/s1. The minimum atomic E-state index is 0.0195. The largest absolute Gasteiger partial charge is 0.495 e. The third kappa shape index (κ3) is 4.96. The molecule has 1 saturated carbocycles. The molecule has 2 rings (SSSR count). The zero-order chi connectivity index (χ0) is 16.8. The summed E-state index contributed by atoms with van der Waals surface area (Å²) in [6.45, 7) is 6.74. The van der Waals surface area contributed by atoms with Gasteiger partial charge < -0.3 is 15.4 Å². The number of carbonyl (C=O) groups is 1. The highest BCUT2D eigenvalue weighted by molar-refractivity contribution is 5.92. The smallest absolute Gasteiger partial charge is 0.226 e. The van der Waals surface area contributed by atoms with E-state index in [2.05, 4.69) is 31.4 Å². The van der Waals surface area contributed by atoms with Crippen molar-refractivity contribution in [2.45, 2.75) is 58.5 Å². The predicted molar refractivity (Wildman–Crippen MR) is 94.8 cm³/mol. The van der Waals surface area contributed by atoms with Crippen LogP contribution in [0.3, 0.4) is 0 Å². The molecule has 4 atom stereocenters. The predicted octanol–water partition coefficient (Wildman–Crippen LogP) is 3.83. The molecule has 2 N–H and O–H groups in total. The van der Waals surface area contributed by atoms with Gasteiger partial charge in [0.05, 0.1) is 12.8 Å². The fourth-order valence-corrected chi connectivity index (χ4v) is 3.47. The average Bonchev–Trinajstić information content (AvgIpc) is 2.52. The number of hydrogen-bond donors (Lipinski definition) is 2. The highest BCUT2D eigenvalue weighted by Crippen LogP contribution is 2.30. The number of methoxy groups -OCH3 is 1. The van der Waals surface area contributed by atoms with Gasteiger partial charge in [-0.2, -0.15) is 0 Å². The molecule has 0 spiro atoms. The second kappa shape index (κ2) is 8.34. The van der Waals surface area contributed by atoms with E-state index in [9.17, 15) is 4.79 Å². The van der Waals surface area contributed by atoms with E-state index in [1.54, 1.807) is 7.11 Å². The molecule has 4 nitrogen and oxygen atoms in total. The van der Waals surface area contributed by atoms with Gasteiger partial charge in [0.15, 0.2) is 0 Å². The summed E-state index contributed by atoms with van der Waals surface area (Å²) in [6.07, 6.45) is 4.28. The highest BCUT2D eigenvalue weighted by Gasteiger charge is 2.28. The summed E-state index contributed by atoms with van der Waals surface area (Å²) < 4.78 is 5.27. The van der Waals surface area contributed by atoms with Crippen LogP contribution in [0.4, 0.5) is 5.69 Å². The first-order valence-electron chi connectivity index (χ1n) is 8.70. The van der Waals surface area contributed by atoms with Gasteiger partial charge in [-0.1, -0.05) is 38.8 Å². The quantitative estimate of drug-likeness (QED) is 0.838. The Balaban J connectivity index is 1.85. The Bertz CT molecular complexity index is 518.